The van der Waals surface area contributed by atoms with Crippen LogP contribution < -0.4 is 29.1 Å². The highest BCUT2D eigenvalue weighted by Crippen LogP contribution is 2.37. The van der Waals surface area contributed by atoms with Crippen molar-refractivity contribution in [1.29, 1.82) is 0 Å². The lowest BCUT2D eigenvalue weighted by atomic mass is 9.94. The van der Waals surface area contributed by atoms with Crippen molar-refractivity contribution in [1.82, 2.24) is 4.57 Å². The van der Waals surface area contributed by atoms with Crippen LogP contribution in [0.1, 0.15) is 31.0 Å². The average molecular weight is 495 g/mol. The van der Waals surface area contributed by atoms with E-state index in [9.17, 15) is 9.59 Å². The fourth-order valence-corrected chi connectivity index (χ4v) is 5.04. The Morgan fingerprint density at radius 2 is 1.74 bits per heavy atom. The minimum atomic E-state index is -0.798. The molecule has 4 rings (SSSR count). The molecule has 1 atom stereocenters. The van der Waals surface area contributed by atoms with E-state index in [4.69, 9.17) is 18.9 Å². The first-order valence-electron chi connectivity index (χ1n) is 11.0. The molecule has 0 bridgehead atoms. The molecule has 0 spiro atoms. The van der Waals surface area contributed by atoms with Gasteiger partial charge in [0.2, 0.25) is 0 Å². The summed E-state index contributed by atoms with van der Waals surface area (Å²) in [5.74, 6) is 1.27. The summed E-state index contributed by atoms with van der Waals surface area (Å²) in [6.45, 7) is 3.67. The number of carbonyl (C=O) groups excluding carboxylic acids is 1. The van der Waals surface area contributed by atoms with Gasteiger partial charge in [0.25, 0.3) is 5.56 Å². The first-order chi connectivity index (χ1) is 16.9. The Balaban J connectivity index is 1.98. The zero-order valence-corrected chi connectivity index (χ0v) is 21.0. The first kappa shape index (κ1) is 24.3. The highest BCUT2D eigenvalue weighted by molar-refractivity contribution is 7.07. The fraction of sp³-hybridized carbons (Fsp3) is 0.269. The number of hydrogen-bond acceptors (Lipinski definition) is 8. The van der Waals surface area contributed by atoms with Crippen molar-refractivity contribution in [2.45, 2.75) is 19.9 Å². The predicted molar refractivity (Wildman–Crippen MR) is 133 cm³/mol. The second-order valence-electron chi connectivity index (χ2n) is 7.68. The SMILES string of the molecule is CCOC(=O)C1=C(C)N=c2s/c(=C/c3ccc(OC)cc3)c(=O)n2[C@@H]1c1cc(OC)ccc1OC. The van der Waals surface area contributed by atoms with Crippen molar-refractivity contribution in [3.8, 4) is 17.2 Å². The van der Waals surface area contributed by atoms with Crippen LogP contribution in [0, 0.1) is 0 Å². The van der Waals surface area contributed by atoms with E-state index >= 15 is 0 Å². The molecule has 0 N–H and O–H groups in total. The van der Waals surface area contributed by atoms with Gasteiger partial charge < -0.3 is 18.9 Å². The highest BCUT2D eigenvalue weighted by atomic mass is 32.1. The Morgan fingerprint density at radius 1 is 1.06 bits per heavy atom. The van der Waals surface area contributed by atoms with E-state index in [1.807, 2.05) is 24.3 Å². The Morgan fingerprint density at radius 3 is 2.37 bits per heavy atom. The lowest BCUT2D eigenvalue weighted by Crippen LogP contribution is -2.40. The number of rotatable bonds is 7. The molecule has 0 saturated heterocycles. The van der Waals surface area contributed by atoms with E-state index in [2.05, 4.69) is 4.99 Å². The normalized spacial score (nSPS) is 15.3. The number of nitrogens with zero attached hydrogens (tertiary/aromatic N) is 2. The predicted octanol–water partition coefficient (Wildman–Crippen LogP) is 2.82. The molecular weight excluding hydrogens is 468 g/mol. The zero-order valence-electron chi connectivity index (χ0n) is 20.2. The third-order valence-electron chi connectivity index (χ3n) is 5.66. The lowest BCUT2D eigenvalue weighted by molar-refractivity contribution is -0.139. The van der Waals surface area contributed by atoms with Gasteiger partial charge in [0.15, 0.2) is 4.80 Å². The monoisotopic (exact) mass is 494 g/mol. The third-order valence-corrected chi connectivity index (χ3v) is 6.64. The quantitative estimate of drug-likeness (QED) is 0.470. The van der Waals surface area contributed by atoms with Gasteiger partial charge in [-0.05, 0) is 55.8 Å². The maximum atomic E-state index is 13.7. The Kier molecular flexibility index (Phi) is 7.07. The molecule has 1 aliphatic rings. The summed E-state index contributed by atoms with van der Waals surface area (Å²) in [5.41, 5.74) is 1.93. The molecule has 0 aliphatic carbocycles. The van der Waals surface area contributed by atoms with E-state index in [-0.39, 0.29) is 17.7 Å². The van der Waals surface area contributed by atoms with E-state index < -0.39 is 12.0 Å². The van der Waals surface area contributed by atoms with Crippen LogP contribution in [-0.2, 0) is 9.53 Å². The molecule has 0 saturated carbocycles. The van der Waals surface area contributed by atoms with Crippen molar-refractivity contribution >= 4 is 23.4 Å². The molecule has 2 heterocycles. The van der Waals surface area contributed by atoms with Crippen LogP contribution in [0.3, 0.4) is 0 Å². The summed E-state index contributed by atoms with van der Waals surface area (Å²) in [7, 11) is 4.70. The number of carbonyl (C=O) groups is 1. The minimum absolute atomic E-state index is 0.194. The molecule has 9 heteroatoms. The van der Waals surface area contributed by atoms with Crippen molar-refractivity contribution in [2.24, 2.45) is 4.99 Å². The van der Waals surface area contributed by atoms with Crippen LogP contribution >= 0.6 is 11.3 Å². The molecule has 0 fully saturated rings. The molecule has 182 valence electrons. The summed E-state index contributed by atoms with van der Waals surface area (Å²) >= 11 is 1.26. The summed E-state index contributed by atoms with van der Waals surface area (Å²) < 4.78 is 23.6. The fourth-order valence-electron chi connectivity index (χ4n) is 3.99. The topological polar surface area (TPSA) is 88.4 Å². The molecule has 0 amide bonds. The maximum absolute atomic E-state index is 13.7. The van der Waals surface area contributed by atoms with Gasteiger partial charge in [-0.25, -0.2) is 9.79 Å². The van der Waals surface area contributed by atoms with Crippen molar-refractivity contribution < 1.29 is 23.7 Å². The summed E-state index contributed by atoms with van der Waals surface area (Å²) in [6.07, 6.45) is 1.80. The van der Waals surface area contributed by atoms with Crippen LogP contribution in [0.2, 0.25) is 0 Å². The molecule has 0 unspecified atom stereocenters. The molecule has 35 heavy (non-hydrogen) atoms. The van der Waals surface area contributed by atoms with Crippen molar-refractivity contribution in [3.63, 3.8) is 0 Å². The van der Waals surface area contributed by atoms with E-state index in [0.29, 0.717) is 32.1 Å². The number of thiazole rings is 1. The molecule has 3 aromatic rings. The second-order valence-corrected chi connectivity index (χ2v) is 8.69. The molecule has 1 aromatic heterocycles. The van der Waals surface area contributed by atoms with Gasteiger partial charge in [-0.3, -0.25) is 9.36 Å². The van der Waals surface area contributed by atoms with Gasteiger partial charge in [-0.15, -0.1) is 0 Å². The molecule has 8 nitrogen and oxygen atoms in total. The molecular formula is C26H26N2O6S. The number of benzene rings is 2. The summed E-state index contributed by atoms with van der Waals surface area (Å²) in [6, 6.07) is 11.9. The number of fused-ring (bicyclic) bond motifs is 1. The Bertz CT molecular complexity index is 1470. The maximum Gasteiger partial charge on any atom is 0.338 e. The van der Waals surface area contributed by atoms with Crippen LogP contribution in [0.15, 0.2) is 63.5 Å². The van der Waals surface area contributed by atoms with Gasteiger partial charge in [-0.2, -0.15) is 0 Å². The Labute approximate surface area is 206 Å². The standard InChI is InChI=1S/C26H26N2O6S/c1-6-34-25(30)22-15(2)27-26-28(23(22)19-14-18(32-4)11-12-20(19)33-5)24(29)21(35-26)13-16-7-9-17(31-3)10-8-16/h7-14,23H,6H2,1-5H3/b21-13+/t23-/m1/s1. The summed E-state index contributed by atoms with van der Waals surface area (Å²) in [4.78, 5) is 31.9. The van der Waals surface area contributed by atoms with Gasteiger partial charge >= 0.3 is 5.97 Å². The first-order valence-corrected chi connectivity index (χ1v) is 11.8. The van der Waals surface area contributed by atoms with Gasteiger partial charge in [0.1, 0.15) is 23.3 Å². The number of methoxy groups -OCH3 is 3. The number of aromatic nitrogens is 1. The number of esters is 1. The minimum Gasteiger partial charge on any atom is -0.497 e. The van der Waals surface area contributed by atoms with Crippen molar-refractivity contribution in [2.75, 3.05) is 27.9 Å². The molecule has 2 aromatic carbocycles. The van der Waals surface area contributed by atoms with E-state index in [0.717, 1.165) is 11.3 Å². The largest absolute Gasteiger partial charge is 0.497 e. The zero-order chi connectivity index (χ0) is 25.1. The number of hydrogen-bond donors (Lipinski definition) is 0. The van der Waals surface area contributed by atoms with Gasteiger partial charge in [-0.1, -0.05) is 23.5 Å². The summed E-state index contributed by atoms with van der Waals surface area (Å²) in [5, 5.41) is 0. The highest BCUT2D eigenvalue weighted by Gasteiger charge is 2.35. The van der Waals surface area contributed by atoms with Gasteiger partial charge in [0.05, 0.1) is 43.7 Å². The Hall–Kier alpha value is -3.85. The lowest BCUT2D eigenvalue weighted by Gasteiger charge is -2.26. The number of allylic oxidation sites excluding steroid dienone is 1. The smallest absolute Gasteiger partial charge is 0.338 e. The second kappa shape index (κ2) is 10.2. The van der Waals surface area contributed by atoms with E-state index in [1.54, 1.807) is 59.5 Å². The van der Waals surface area contributed by atoms with Crippen LogP contribution in [0.25, 0.3) is 6.08 Å². The van der Waals surface area contributed by atoms with Crippen molar-refractivity contribution in [3.05, 3.63) is 84.5 Å². The van der Waals surface area contributed by atoms with Crippen LogP contribution in [-0.4, -0.2) is 38.5 Å². The average Bonchev–Trinajstić information content (AvgIpc) is 3.17. The van der Waals surface area contributed by atoms with Crippen LogP contribution in [0.4, 0.5) is 0 Å². The molecule has 1 aliphatic heterocycles. The number of ether oxygens (including phenoxy) is 4. The third kappa shape index (κ3) is 4.59. The molecule has 0 radical (unpaired) electrons. The van der Waals surface area contributed by atoms with Gasteiger partial charge in [0, 0.05) is 5.56 Å². The van der Waals surface area contributed by atoms with Crippen LogP contribution in [0.5, 0.6) is 17.2 Å². The van der Waals surface area contributed by atoms with E-state index in [1.165, 1.54) is 15.9 Å².